The lowest BCUT2D eigenvalue weighted by atomic mass is 10.3. The summed E-state index contributed by atoms with van der Waals surface area (Å²) in [6.45, 7) is 1.24. The Morgan fingerprint density at radius 3 is 2.00 bits per heavy atom. The molecular formula is C16H16N2O4S. The third-order valence-corrected chi connectivity index (χ3v) is 5.25. The molecule has 2 N–H and O–H groups in total. The molecule has 0 aliphatic carbocycles. The van der Waals surface area contributed by atoms with Crippen molar-refractivity contribution in [1.82, 2.24) is 5.32 Å². The molecule has 3 amide bonds. The number of hydrogen-bond acceptors (Lipinski definition) is 4. The Balaban J connectivity index is 2.04. The van der Waals surface area contributed by atoms with Crippen LogP contribution < -0.4 is 10.6 Å². The maximum absolute atomic E-state index is 12.3. The van der Waals surface area contributed by atoms with Crippen molar-refractivity contribution in [3.05, 3.63) is 60.7 Å². The molecule has 6 nitrogen and oxygen atoms in total. The Hall–Kier alpha value is -2.67. The van der Waals surface area contributed by atoms with Gasteiger partial charge in [0.2, 0.25) is 5.91 Å². The standard InChI is InChI=1S/C16H16N2O4S/c1-12(23(21,22)14-10-6-3-7-11-14)15(19)18-16(20)17-13-8-4-2-5-9-13/h2-12H,1H3,(H2,17,18,19,20)/t12-/m1/s1. The Morgan fingerprint density at radius 2 is 1.43 bits per heavy atom. The predicted octanol–water partition coefficient (Wildman–Crippen LogP) is 2.20. The molecule has 23 heavy (non-hydrogen) atoms. The zero-order valence-electron chi connectivity index (χ0n) is 12.4. The number of benzene rings is 2. The third kappa shape index (κ3) is 4.17. The van der Waals surface area contributed by atoms with Crippen LogP contribution in [-0.2, 0) is 14.6 Å². The van der Waals surface area contributed by atoms with E-state index >= 15 is 0 Å². The van der Waals surface area contributed by atoms with E-state index in [0.29, 0.717) is 5.69 Å². The molecule has 7 heteroatoms. The van der Waals surface area contributed by atoms with Crippen molar-refractivity contribution >= 4 is 27.5 Å². The van der Waals surface area contributed by atoms with E-state index in [4.69, 9.17) is 0 Å². The average molecular weight is 332 g/mol. The molecule has 0 aliphatic heterocycles. The first-order chi connectivity index (χ1) is 10.9. The van der Waals surface area contributed by atoms with Gasteiger partial charge in [-0.15, -0.1) is 0 Å². The van der Waals surface area contributed by atoms with Crippen molar-refractivity contribution in [2.45, 2.75) is 17.1 Å². The number of hydrogen-bond donors (Lipinski definition) is 2. The second-order valence-electron chi connectivity index (χ2n) is 4.81. The van der Waals surface area contributed by atoms with Crippen LogP contribution in [0.4, 0.5) is 10.5 Å². The largest absolute Gasteiger partial charge is 0.325 e. The fraction of sp³-hybridized carbons (Fsp3) is 0.125. The molecule has 0 radical (unpaired) electrons. The van der Waals surface area contributed by atoms with Crippen molar-refractivity contribution in [3.8, 4) is 0 Å². The number of rotatable bonds is 4. The minimum atomic E-state index is -3.85. The van der Waals surface area contributed by atoms with Crippen LogP contribution in [0.15, 0.2) is 65.6 Å². The van der Waals surface area contributed by atoms with E-state index in [-0.39, 0.29) is 4.90 Å². The zero-order chi connectivity index (χ0) is 16.9. The predicted molar refractivity (Wildman–Crippen MR) is 86.7 cm³/mol. The van der Waals surface area contributed by atoms with E-state index in [1.165, 1.54) is 19.1 Å². The van der Waals surface area contributed by atoms with E-state index < -0.39 is 27.0 Å². The lowest BCUT2D eigenvalue weighted by Gasteiger charge is -2.13. The molecule has 0 fully saturated rings. The molecule has 0 aromatic heterocycles. The Labute approximate surface area is 134 Å². The van der Waals surface area contributed by atoms with E-state index in [0.717, 1.165) is 0 Å². The van der Waals surface area contributed by atoms with Gasteiger partial charge in [-0.3, -0.25) is 10.1 Å². The molecular weight excluding hydrogens is 316 g/mol. The molecule has 0 aliphatic rings. The summed E-state index contributed by atoms with van der Waals surface area (Å²) in [5, 5.41) is 3.11. The van der Waals surface area contributed by atoms with Gasteiger partial charge in [-0.05, 0) is 31.2 Å². The highest BCUT2D eigenvalue weighted by atomic mass is 32.2. The molecule has 0 saturated carbocycles. The van der Waals surface area contributed by atoms with E-state index in [9.17, 15) is 18.0 Å². The number of sulfone groups is 1. The minimum Gasteiger partial charge on any atom is -0.308 e. The molecule has 0 spiro atoms. The summed E-state index contributed by atoms with van der Waals surface area (Å²) in [6.07, 6.45) is 0. The summed E-state index contributed by atoms with van der Waals surface area (Å²) < 4.78 is 24.6. The first-order valence-electron chi connectivity index (χ1n) is 6.87. The maximum atomic E-state index is 12.3. The molecule has 1 atom stereocenters. The van der Waals surface area contributed by atoms with Gasteiger partial charge in [0, 0.05) is 5.69 Å². The van der Waals surface area contributed by atoms with Crippen LogP contribution in [0.5, 0.6) is 0 Å². The molecule has 2 aromatic carbocycles. The number of para-hydroxylation sites is 1. The van der Waals surface area contributed by atoms with Crippen LogP contribution in [0.25, 0.3) is 0 Å². The van der Waals surface area contributed by atoms with Gasteiger partial charge in [-0.2, -0.15) is 0 Å². The van der Waals surface area contributed by atoms with Gasteiger partial charge in [-0.1, -0.05) is 36.4 Å². The highest BCUT2D eigenvalue weighted by Gasteiger charge is 2.30. The number of anilines is 1. The number of imide groups is 1. The number of urea groups is 1. The van der Waals surface area contributed by atoms with Gasteiger partial charge < -0.3 is 5.32 Å². The molecule has 0 saturated heterocycles. The van der Waals surface area contributed by atoms with Crippen LogP contribution in [0, 0.1) is 0 Å². The SMILES string of the molecule is C[C@H](C(=O)NC(=O)Nc1ccccc1)S(=O)(=O)c1ccccc1. The van der Waals surface area contributed by atoms with Gasteiger partial charge in [0.1, 0.15) is 5.25 Å². The van der Waals surface area contributed by atoms with Crippen LogP contribution in [0.1, 0.15) is 6.92 Å². The van der Waals surface area contributed by atoms with Gasteiger partial charge in [-0.25, -0.2) is 13.2 Å². The summed E-state index contributed by atoms with van der Waals surface area (Å²) in [5.41, 5.74) is 0.497. The summed E-state index contributed by atoms with van der Waals surface area (Å²) in [7, 11) is -3.85. The van der Waals surface area contributed by atoms with E-state index in [1.54, 1.807) is 48.5 Å². The normalized spacial score (nSPS) is 12.2. The third-order valence-electron chi connectivity index (χ3n) is 3.17. The smallest absolute Gasteiger partial charge is 0.308 e. The van der Waals surface area contributed by atoms with Gasteiger partial charge in [0.05, 0.1) is 4.90 Å². The lowest BCUT2D eigenvalue weighted by Crippen LogP contribution is -2.43. The number of carbonyl (C=O) groups is 2. The zero-order valence-corrected chi connectivity index (χ0v) is 13.2. The number of carbonyl (C=O) groups excluding carboxylic acids is 2. The monoisotopic (exact) mass is 332 g/mol. The van der Waals surface area contributed by atoms with E-state index in [1.807, 2.05) is 5.32 Å². The second-order valence-corrected chi connectivity index (χ2v) is 7.08. The topological polar surface area (TPSA) is 92.3 Å². The molecule has 120 valence electrons. The first kappa shape index (κ1) is 16.7. The van der Waals surface area contributed by atoms with Gasteiger partial charge in [0.15, 0.2) is 9.84 Å². The van der Waals surface area contributed by atoms with Crippen LogP contribution in [-0.4, -0.2) is 25.6 Å². The molecule has 0 unspecified atom stereocenters. The Morgan fingerprint density at radius 1 is 0.913 bits per heavy atom. The summed E-state index contributed by atoms with van der Waals surface area (Å²) >= 11 is 0. The quantitative estimate of drug-likeness (QED) is 0.898. The fourth-order valence-electron chi connectivity index (χ4n) is 1.85. The highest BCUT2D eigenvalue weighted by Crippen LogP contribution is 2.15. The van der Waals surface area contributed by atoms with Crippen molar-refractivity contribution in [2.75, 3.05) is 5.32 Å². The lowest BCUT2D eigenvalue weighted by molar-refractivity contribution is -0.119. The second kappa shape index (κ2) is 7.06. The van der Waals surface area contributed by atoms with Gasteiger partial charge >= 0.3 is 6.03 Å². The van der Waals surface area contributed by atoms with Crippen molar-refractivity contribution in [1.29, 1.82) is 0 Å². The highest BCUT2D eigenvalue weighted by molar-refractivity contribution is 7.92. The van der Waals surface area contributed by atoms with Gasteiger partial charge in [0.25, 0.3) is 0 Å². The van der Waals surface area contributed by atoms with Crippen LogP contribution in [0.2, 0.25) is 0 Å². The van der Waals surface area contributed by atoms with Crippen LogP contribution in [0.3, 0.4) is 0 Å². The maximum Gasteiger partial charge on any atom is 0.325 e. The first-order valence-corrected chi connectivity index (χ1v) is 8.42. The number of nitrogens with one attached hydrogen (secondary N) is 2. The Bertz CT molecular complexity index is 789. The molecule has 2 aromatic rings. The van der Waals surface area contributed by atoms with E-state index in [2.05, 4.69) is 5.32 Å². The van der Waals surface area contributed by atoms with Crippen molar-refractivity contribution in [2.24, 2.45) is 0 Å². The summed E-state index contributed by atoms with van der Waals surface area (Å²) in [4.78, 5) is 23.8. The average Bonchev–Trinajstić information content (AvgIpc) is 2.55. The minimum absolute atomic E-state index is 0.0334. The Kier molecular flexibility index (Phi) is 5.13. The van der Waals surface area contributed by atoms with Crippen molar-refractivity contribution in [3.63, 3.8) is 0 Å². The van der Waals surface area contributed by atoms with Crippen molar-refractivity contribution < 1.29 is 18.0 Å². The fourth-order valence-corrected chi connectivity index (χ4v) is 3.14. The summed E-state index contributed by atoms with van der Waals surface area (Å²) in [5.74, 6) is -0.887. The van der Waals surface area contributed by atoms with Crippen LogP contribution >= 0.6 is 0 Å². The summed E-state index contributed by atoms with van der Waals surface area (Å²) in [6, 6.07) is 15.4. The molecule has 2 rings (SSSR count). The number of amides is 3. The molecule has 0 heterocycles. The molecule has 0 bridgehead atoms.